The fourth-order valence-electron chi connectivity index (χ4n) is 3.29. The summed E-state index contributed by atoms with van der Waals surface area (Å²) in [7, 11) is -2.39. The number of benzene rings is 2. The fourth-order valence-corrected chi connectivity index (χ4v) is 4.59. The van der Waals surface area contributed by atoms with Crippen molar-refractivity contribution in [2.24, 2.45) is 0 Å². The molecule has 1 amide bonds. The number of hydrogen-bond donors (Lipinski definition) is 0. The highest BCUT2D eigenvalue weighted by molar-refractivity contribution is 7.91. The van der Waals surface area contributed by atoms with E-state index >= 15 is 0 Å². The Morgan fingerprint density at radius 3 is 2.42 bits per heavy atom. The minimum atomic E-state index is -3.95. The molecular formula is C24H20ClNO6S. The molecule has 7 nitrogen and oxygen atoms in total. The second-order valence-corrected chi connectivity index (χ2v) is 9.45. The first kappa shape index (κ1) is 22.7. The van der Waals surface area contributed by atoms with Crippen molar-refractivity contribution in [3.8, 4) is 5.75 Å². The Labute approximate surface area is 196 Å². The summed E-state index contributed by atoms with van der Waals surface area (Å²) in [6.45, 7) is 0.355. The molecule has 0 saturated carbocycles. The summed E-state index contributed by atoms with van der Waals surface area (Å²) in [5.41, 5.74) is 0.778. The molecule has 2 aromatic carbocycles. The van der Waals surface area contributed by atoms with Crippen molar-refractivity contribution in [3.63, 3.8) is 0 Å². The largest absolute Gasteiger partial charge is 0.496 e. The SMILES string of the molecule is COc1ccccc1CN(Cc1ccco1)C(=O)c1ccc(S(=O)(=O)c2ccc(Cl)cc2)o1. The van der Waals surface area contributed by atoms with Crippen LogP contribution in [-0.2, 0) is 22.9 Å². The molecule has 0 atom stereocenters. The van der Waals surface area contributed by atoms with Gasteiger partial charge in [0.05, 0.1) is 31.4 Å². The van der Waals surface area contributed by atoms with E-state index in [2.05, 4.69) is 0 Å². The van der Waals surface area contributed by atoms with Crippen LogP contribution in [0.4, 0.5) is 0 Å². The number of carbonyl (C=O) groups is 1. The molecule has 33 heavy (non-hydrogen) atoms. The number of carbonyl (C=O) groups excluding carboxylic acids is 1. The molecule has 0 N–H and O–H groups in total. The molecule has 0 aliphatic carbocycles. The second-order valence-electron chi connectivity index (χ2n) is 7.13. The Hall–Kier alpha value is -3.49. The zero-order valence-corrected chi connectivity index (χ0v) is 19.2. The van der Waals surface area contributed by atoms with E-state index in [1.165, 1.54) is 47.6 Å². The van der Waals surface area contributed by atoms with Crippen LogP contribution in [0, 0.1) is 0 Å². The number of para-hydroxylation sites is 1. The van der Waals surface area contributed by atoms with Gasteiger partial charge in [-0.05, 0) is 54.6 Å². The lowest BCUT2D eigenvalue weighted by molar-refractivity contribution is 0.0678. The van der Waals surface area contributed by atoms with Crippen LogP contribution in [0.2, 0.25) is 5.02 Å². The lowest BCUT2D eigenvalue weighted by Crippen LogP contribution is -2.30. The van der Waals surface area contributed by atoms with Crippen molar-refractivity contribution in [3.05, 3.63) is 101 Å². The van der Waals surface area contributed by atoms with E-state index in [0.717, 1.165) is 5.56 Å². The maximum absolute atomic E-state index is 13.3. The predicted octanol–water partition coefficient (Wildman–Crippen LogP) is 5.21. The third-order valence-corrected chi connectivity index (χ3v) is 6.84. The van der Waals surface area contributed by atoms with E-state index in [4.69, 9.17) is 25.2 Å². The van der Waals surface area contributed by atoms with Gasteiger partial charge in [0.2, 0.25) is 14.9 Å². The number of furan rings is 2. The summed E-state index contributed by atoms with van der Waals surface area (Å²) in [5, 5.41) is 0.0811. The van der Waals surface area contributed by atoms with Gasteiger partial charge in [0, 0.05) is 10.6 Å². The van der Waals surface area contributed by atoms with Crippen LogP contribution in [0.3, 0.4) is 0 Å². The highest BCUT2D eigenvalue weighted by Gasteiger charge is 2.27. The van der Waals surface area contributed by atoms with Gasteiger partial charge in [-0.25, -0.2) is 8.42 Å². The average molecular weight is 486 g/mol. The fraction of sp³-hybridized carbons (Fsp3) is 0.125. The van der Waals surface area contributed by atoms with Crippen molar-refractivity contribution in [1.29, 1.82) is 0 Å². The molecule has 170 valence electrons. The number of hydrogen-bond acceptors (Lipinski definition) is 6. The molecule has 0 aliphatic heterocycles. The molecule has 0 saturated heterocycles. The lowest BCUT2D eigenvalue weighted by atomic mass is 10.1. The van der Waals surface area contributed by atoms with Crippen molar-refractivity contribution in [1.82, 2.24) is 4.90 Å². The number of nitrogens with zero attached hydrogens (tertiary/aromatic N) is 1. The van der Waals surface area contributed by atoms with Crippen LogP contribution >= 0.6 is 11.6 Å². The Kier molecular flexibility index (Phi) is 6.57. The molecule has 2 heterocycles. The van der Waals surface area contributed by atoms with Crippen molar-refractivity contribution < 1.29 is 26.8 Å². The van der Waals surface area contributed by atoms with Crippen molar-refractivity contribution >= 4 is 27.3 Å². The van der Waals surface area contributed by atoms with Gasteiger partial charge < -0.3 is 18.5 Å². The highest BCUT2D eigenvalue weighted by atomic mass is 35.5. The van der Waals surface area contributed by atoms with Crippen LogP contribution in [0.25, 0.3) is 0 Å². The van der Waals surface area contributed by atoms with Gasteiger partial charge >= 0.3 is 0 Å². The van der Waals surface area contributed by atoms with Gasteiger partial charge in [0.1, 0.15) is 11.5 Å². The molecule has 0 radical (unpaired) electrons. The van der Waals surface area contributed by atoms with E-state index in [1.807, 2.05) is 18.2 Å². The normalized spacial score (nSPS) is 11.3. The third-order valence-electron chi connectivity index (χ3n) is 4.95. The topological polar surface area (TPSA) is 90.0 Å². The van der Waals surface area contributed by atoms with Gasteiger partial charge in [-0.3, -0.25) is 4.79 Å². The zero-order valence-electron chi connectivity index (χ0n) is 17.6. The smallest absolute Gasteiger partial charge is 0.290 e. The van der Waals surface area contributed by atoms with Gasteiger partial charge in [0.25, 0.3) is 5.91 Å². The van der Waals surface area contributed by atoms with Gasteiger partial charge in [-0.15, -0.1) is 0 Å². The Morgan fingerprint density at radius 2 is 1.73 bits per heavy atom. The summed E-state index contributed by atoms with van der Waals surface area (Å²) < 4.78 is 42.1. The first-order chi connectivity index (χ1) is 15.9. The minimum Gasteiger partial charge on any atom is -0.496 e. The number of sulfone groups is 1. The second kappa shape index (κ2) is 9.56. The standard InChI is InChI=1S/C24H20ClNO6S/c1-30-21-7-3-2-5-17(21)15-26(16-19-6-4-14-31-19)24(27)22-12-13-23(32-22)33(28,29)20-10-8-18(25)9-11-20/h2-14H,15-16H2,1H3. The van der Waals surface area contributed by atoms with Crippen LogP contribution in [0.1, 0.15) is 21.9 Å². The predicted molar refractivity (Wildman–Crippen MR) is 121 cm³/mol. The summed E-state index contributed by atoms with van der Waals surface area (Å²) in [4.78, 5) is 14.8. The van der Waals surface area contributed by atoms with Gasteiger partial charge in [-0.1, -0.05) is 29.8 Å². The summed E-state index contributed by atoms with van der Waals surface area (Å²) in [6.07, 6.45) is 1.52. The van der Waals surface area contributed by atoms with E-state index in [-0.39, 0.29) is 28.8 Å². The third kappa shape index (κ3) is 4.97. The molecule has 9 heteroatoms. The summed E-state index contributed by atoms with van der Waals surface area (Å²) in [5.74, 6) is 0.595. The Bertz CT molecular complexity index is 1340. The maximum Gasteiger partial charge on any atom is 0.290 e. The van der Waals surface area contributed by atoms with E-state index in [0.29, 0.717) is 16.5 Å². The highest BCUT2D eigenvalue weighted by Crippen LogP contribution is 2.26. The van der Waals surface area contributed by atoms with Crippen LogP contribution in [-0.4, -0.2) is 26.3 Å². The number of amides is 1. The van der Waals surface area contributed by atoms with E-state index < -0.39 is 15.7 Å². The maximum atomic E-state index is 13.3. The average Bonchev–Trinajstić information content (AvgIpc) is 3.51. The molecule has 4 aromatic rings. The first-order valence-corrected chi connectivity index (χ1v) is 11.8. The molecule has 0 unspecified atom stereocenters. The van der Waals surface area contributed by atoms with Crippen molar-refractivity contribution in [2.75, 3.05) is 7.11 Å². The van der Waals surface area contributed by atoms with E-state index in [1.54, 1.807) is 25.3 Å². The minimum absolute atomic E-state index is 0.0155. The molecule has 0 spiro atoms. The quantitative estimate of drug-likeness (QED) is 0.340. The zero-order chi connectivity index (χ0) is 23.4. The lowest BCUT2D eigenvalue weighted by Gasteiger charge is -2.22. The van der Waals surface area contributed by atoms with Crippen LogP contribution < -0.4 is 4.74 Å². The van der Waals surface area contributed by atoms with Gasteiger partial charge in [-0.2, -0.15) is 0 Å². The summed E-state index contributed by atoms with van der Waals surface area (Å²) >= 11 is 5.85. The molecule has 0 fully saturated rings. The van der Waals surface area contributed by atoms with Gasteiger partial charge in [0.15, 0.2) is 5.76 Å². The molecule has 2 aromatic heterocycles. The summed E-state index contributed by atoms with van der Waals surface area (Å²) in [6, 6.07) is 19.1. The Morgan fingerprint density at radius 1 is 0.970 bits per heavy atom. The molecule has 0 aliphatic rings. The Balaban J connectivity index is 1.64. The number of halogens is 1. The monoisotopic (exact) mass is 485 g/mol. The number of ether oxygens (including phenoxy) is 1. The number of rotatable bonds is 8. The molecule has 4 rings (SSSR count). The molecule has 0 bridgehead atoms. The first-order valence-electron chi connectivity index (χ1n) is 9.92. The van der Waals surface area contributed by atoms with Crippen molar-refractivity contribution in [2.45, 2.75) is 23.1 Å². The van der Waals surface area contributed by atoms with Crippen LogP contribution in [0.15, 0.2) is 97.9 Å². The molecular weight excluding hydrogens is 466 g/mol. The number of methoxy groups -OCH3 is 1. The van der Waals surface area contributed by atoms with Crippen LogP contribution in [0.5, 0.6) is 5.75 Å². The van der Waals surface area contributed by atoms with E-state index in [9.17, 15) is 13.2 Å².